The fourth-order valence-corrected chi connectivity index (χ4v) is 6.71. The number of halogens is 1. The van der Waals surface area contributed by atoms with Crippen molar-refractivity contribution in [2.75, 3.05) is 11.9 Å². The third-order valence-corrected chi connectivity index (χ3v) is 9.12. The summed E-state index contributed by atoms with van der Waals surface area (Å²) in [7, 11) is 0. The van der Waals surface area contributed by atoms with Gasteiger partial charge in [-0.05, 0) is 63.1 Å². The van der Waals surface area contributed by atoms with Crippen LogP contribution in [-0.2, 0) is 12.0 Å². The van der Waals surface area contributed by atoms with Gasteiger partial charge in [-0.3, -0.25) is 9.78 Å². The van der Waals surface area contributed by atoms with Crippen LogP contribution in [0.4, 0.5) is 16.0 Å². The summed E-state index contributed by atoms with van der Waals surface area (Å²) in [6.45, 7) is 3.25. The zero-order valence-corrected chi connectivity index (χ0v) is 22.3. The zero-order chi connectivity index (χ0) is 27.2. The molecule has 3 aromatic heterocycles. The molecule has 7 rings (SSSR count). The number of aromatic carboxylic acids is 1. The lowest BCUT2D eigenvalue weighted by Gasteiger charge is -2.52. The van der Waals surface area contributed by atoms with Crippen molar-refractivity contribution in [3.05, 3.63) is 57.3 Å². The second kappa shape index (κ2) is 9.74. The summed E-state index contributed by atoms with van der Waals surface area (Å²) in [5.74, 6) is -0.244. The highest BCUT2D eigenvalue weighted by molar-refractivity contribution is 7.15. The van der Waals surface area contributed by atoms with Crippen molar-refractivity contribution in [1.29, 1.82) is 0 Å². The molecule has 0 aliphatic heterocycles. The fourth-order valence-electron chi connectivity index (χ4n) is 6.11. The van der Waals surface area contributed by atoms with Crippen molar-refractivity contribution in [1.82, 2.24) is 24.5 Å². The van der Waals surface area contributed by atoms with Gasteiger partial charge < -0.3 is 19.7 Å². The first-order chi connectivity index (χ1) is 18.8. The number of ether oxygens (including phenoxy) is 1. The Bertz CT molecular complexity index is 1590. The number of aromatic nitrogens is 5. The first-order valence-corrected chi connectivity index (χ1v) is 14.0. The van der Waals surface area contributed by atoms with E-state index < -0.39 is 5.97 Å². The van der Waals surface area contributed by atoms with Gasteiger partial charge in [0, 0.05) is 23.1 Å². The molecule has 0 saturated heterocycles. The van der Waals surface area contributed by atoms with E-state index in [0.717, 1.165) is 62.1 Å². The molecule has 0 spiro atoms. The number of carboxylic acids is 1. The highest BCUT2D eigenvalue weighted by atomic mass is 32.1. The molecule has 3 aliphatic rings. The molecule has 0 atom stereocenters. The normalized spacial score (nSPS) is 22.3. The van der Waals surface area contributed by atoms with Crippen molar-refractivity contribution in [2.24, 2.45) is 5.41 Å². The number of benzene rings is 1. The van der Waals surface area contributed by atoms with Crippen LogP contribution >= 0.6 is 11.3 Å². The number of nitrogens with one attached hydrogen (secondary N) is 2. The largest absolute Gasteiger partial charge is 0.477 e. The number of imidazole rings is 1. The third kappa shape index (κ3) is 4.66. The highest BCUT2D eigenvalue weighted by Gasteiger charge is 2.52. The maximum atomic E-state index is 13.6. The molecule has 0 radical (unpaired) electrons. The van der Waals surface area contributed by atoms with E-state index in [1.54, 1.807) is 12.1 Å². The third-order valence-electron chi connectivity index (χ3n) is 8.22. The van der Waals surface area contributed by atoms with Crippen LogP contribution in [0.25, 0.3) is 11.2 Å². The van der Waals surface area contributed by atoms with Gasteiger partial charge >= 0.3 is 5.97 Å². The number of carboxylic acid groups (broad SMARTS) is 1. The average molecular weight is 553 g/mol. The summed E-state index contributed by atoms with van der Waals surface area (Å²) in [6.07, 6.45) is 7.82. The number of nitrogens with zero attached hydrogens (tertiary/aromatic N) is 4. The predicted octanol–water partition coefficient (Wildman–Crippen LogP) is 5.24. The Morgan fingerprint density at radius 2 is 2.00 bits per heavy atom. The molecule has 1 aromatic carbocycles. The van der Waals surface area contributed by atoms with Crippen LogP contribution in [0.5, 0.6) is 5.19 Å². The Morgan fingerprint density at radius 3 is 2.67 bits per heavy atom. The molecule has 3 heterocycles. The van der Waals surface area contributed by atoms with E-state index in [1.807, 2.05) is 4.57 Å². The molecule has 0 unspecified atom stereocenters. The Balaban J connectivity index is 1.25. The maximum Gasteiger partial charge on any atom is 0.347 e. The summed E-state index contributed by atoms with van der Waals surface area (Å²) in [5.41, 5.74) is 0.947. The van der Waals surface area contributed by atoms with E-state index in [-0.39, 0.29) is 33.0 Å². The predicted molar refractivity (Wildman–Crippen MR) is 145 cm³/mol. The molecule has 0 amide bonds. The van der Waals surface area contributed by atoms with E-state index in [9.17, 15) is 14.0 Å². The number of carbonyl (C=O) groups is 1. The van der Waals surface area contributed by atoms with Gasteiger partial charge in [0.05, 0.1) is 12.8 Å². The SMILES string of the molecule is CCCn1c(C23CCC(COc4ncc(C(=O)O)s4)(CC2)CC3)nc2nc(Nc3cccc(F)c3)[nH]c(=O)c21. The van der Waals surface area contributed by atoms with Gasteiger partial charge in [-0.1, -0.05) is 24.3 Å². The summed E-state index contributed by atoms with van der Waals surface area (Å²) < 4.78 is 21.7. The number of H-pyrrole nitrogens is 1. The van der Waals surface area contributed by atoms with E-state index in [1.165, 1.54) is 18.3 Å². The molecule has 3 saturated carbocycles. The summed E-state index contributed by atoms with van der Waals surface area (Å²) in [4.78, 5) is 41.0. The van der Waals surface area contributed by atoms with Crippen molar-refractivity contribution in [2.45, 2.75) is 63.8 Å². The first-order valence-electron chi connectivity index (χ1n) is 13.2. The number of thiazole rings is 1. The fraction of sp³-hybridized carbons (Fsp3) is 0.444. The summed E-state index contributed by atoms with van der Waals surface area (Å²) >= 11 is 1.05. The van der Waals surface area contributed by atoms with Gasteiger partial charge in [-0.15, -0.1) is 0 Å². The molecular formula is C27H29FN6O4S. The Labute approximate surface area is 227 Å². The standard InChI is InChI=1S/C27H29FN6O4S/c1-2-12-34-19-20(32-24(33-21(19)35)30-17-5-3-4-16(28)13-17)31-23(34)27-9-6-26(7-10-27,8-11-27)15-38-25-29-14-18(39-25)22(36)37/h3-5,13-14H,2,6-12,15H2,1H3,(H,36,37)(H2,30,32,33,35). The lowest BCUT2D eigenvalue weighted by atomic mass is 9.53. The average Bonchev–Trinajstić information content (AvgIpc) is 3.55. The van der Waals surface area contributed by atoms with Crippen LogP contribution in [0.15, 0.2) is 35.3 Å². The smallest absolute Gasteiger partial charge is 0.347 e. The van der Waals surface area contributed by atoms with E-state index in [2.05, 4.69) is 27.2 Å². The van der Waals surface area contributed by atoms with Crippen molar-refractivity contribution >= 4 is 40.1 Å². The first kappa shape index (κ1) is 25.5. The molecule has 3 fully saturated rings. The number of aromatic amines is 1. The second-order valence-electron chi connectivity index (χ2n) is 10.7. The van der Waals surface area contributed by atoms with Crippen molar-refractivity contribution in [3.63, 3.8) is 0 Å². The quantitative estimate of drug-likeness (QED) is 0.257. The maximum absolute atomic E-state index is 13.6. The highest BCUT2D eigenvalue weighted by Crippen LogP contribution is 2.57. The summed E-state index contributed by atoms with van der Waals surface area (Å²) in [6, 6.07) is 5.98. The number of hydrogen-bond donors (Lipinski definition) is 3. The van der Waals surface area contributed by atoms with Crippen LogP contribution in [0, 0.1) is 11.2 Å². The summed E-state index contributed by atoms with van der Waals surface area (Å²) in [5, 5.41) is 12.5. The molecule has 2 bridgehead atoms. The van der Waals surface area contributed by atoms with Gasteiger partial charge in [0.1, 0.15) is 16.5 Å². The topological polar surface area (TPSA) is 135 Å². The molecule has 10 nitrogen and oxygen atoms in total. The molecule has 12 heteroatoms. The number of rotatable bonds is 9. The number of fused-ring (bicyclic) bond motifs is 4. The van der Waals surface area contributed by atoms with Crippen LogP contribution in [0.3, 0.4) is 0 Å². The molecule has 39 heavy (non-hydrogen) atoms. The lowest BCUT2D eigenvalue weighted by Crippen LogP contribution is -2.48. The molecule has 3 N–H and O–H groups in total. The van der Waals surface area contributed by atoms with Crippen LogP contribution < -0.4 is 15.6 Å². The van der Waals surface area contributed by atoms with E-state index in [4.69, 9.17) is 14.8 Å². The molecular weight excluding hydrogens is 523 g/mol. The second-order valence-corrected chi connectivity index (χ2v) is 11.7. The van der Waals surface area contributed by atoms with Gasteiger partial charge in [-0.2, -0.15) is 4.98 Å². The van der Waals surface area contributed by atoms with Crippen LogP contribution in [0.2, 0.25) is 0 Å². The van der Waals surface area contributed by atoms with Crippen LogP contribution in [-0.4, -0.2) is 42.2 Å². The monoisotopic (exact) mass is 552 g/mol. The van der Waals surface area contributed by atoms with Gasteiger partial charge in [-0.25, -0.2) is 19.2 Å². The lowest BCUT2D eigenvalue weighted by molar-refractivity contribution is -0.00290. The van der Waals surface area contributed by atoms with Gasteiger partial charge in [0.2, 0.25) is 5.95 Å². The van der Waals surface area contributed by atoms with Crippen molar-refractivity contribution < 1.29 is 19.0 Å². The minimum Gasteiger partial charge on any atom is -0.477 e. The minimum atomic E-state index is -0.999. The molecule has 3 aliphatic carbocycles. The zero-order valence-electron chi connectivity index (χ0n) is 21.5. The number of hydrogen-bond acceptors (Lipinski definition) is 8. The van der Waals surface area contributed by atoms with Crippen LogP contribution in [0.1, 0.15) is 67.4 Å². The Hall–Kier alpha value is -3.80. The molecule has 4 aromatic rings. The number of aryl methyl sites for hydroxylation is 1. The number of anilines is 2. The minimum absolute atomic E-state index is 0.0240. The Kier molecular flexibility index (Phi) is 6.37. The van der Waals surface area contributed by atoms with Gasteiger partial charge in [0.25, 0.3) is 10.8 Å². The van der Waals surface area contributed by atoms with E-state index >= 15 is 0 Å². The van der Waals surface area contributed by atoms with Gasteiger partial charge in [0.15, 0.2) is 11.2 Å². The molecule has 204 valence electrons. The van der Waals surface area contributed by atoms with Crippen molar-refractivity contribution in [3.8, 4) is 5.19 Å². The Morgan fingerprint density at radius 1 is 1.23 bits per heavy atom. The van der Waals surface area contributed by atoms with E-state index in [0.29, 0.717) is 35.2 Å².